The highest BCUT2D eigenvalue weighted by Crippen LogP contribution is 2.24. The fraction of sp³-hybridized carbons (Fsp3) is 0.367. The second kappa shape index (κ2) is 13.5. The van der Waals surface area contributed by atoms with E-state index in [9.17, 15) is 14.4 Å². The molecule has 0 saturated heterocycles. The van der Waals surface area contributed by atoms with Crippen LogP contribution in [-0.2, 0) is 20.9 Å². The van der Waals surface area contributed by atoms with Crippen LogP contribution in [0.3, 0.4) is 0 Å². The zero-order valence-electron chi connectivity index (χ0n) is 22.5. The predicted molar refractivity (Wildman–Crippen MR) is 148 cm³/mol. The molecule has 0 fully saturated rings. The lowest BCUT2D eigenvalue weighted by molar-refractivity contribution is -0.124. The van der Waals surface area contributed by atoms with E-state index in [1.807, 2.05) is 79.7 Å². The van der Waals surface area contributed by atoms with Crippen molar-refractivity contribution in [2.24, 2.45) is 0 Å². The first-order valence-electron chi connectivity index (χ1n) is 12.8. The second-order valence-electron chi connectivity index (χ2n) is 10.1. The molecule has 3 amide bonds. The van der Waals surface area contributed by atoms with Crippen LogP contribution in [0.5, 0.6) is 0 Å². The van der Waals surface area contributed by atoms with Gasteiger partial charge in [-0.1, -0.05) is 72.8 Å². The molecule has 0 aliphatic carbocycles. The van der Waals surface area contributed by atoms with Gasteiger partial charge in [-0.25, -0.2) is 9.59 Å². The Labute approximate surface area is 224 Å². The van der Waals surface area contributed by atoms with Crippen molar-refractivity contribution in [3.05, 3.63) is 83.9 Å². The van der Waals surface area contributed by atoms with Crippen LogP contribution in [0.1, 0.15) is 57.7 Å². The Morgan fingerprint density at radius 2 is 1.53 bits per heavy atom. The molecule has 0 radical (unpaired) electrons. The third kappa shape index (κ3) is 9.10. The molecule has 8 heteroatoms. The quantitative estimate of drug-likeness (QED) is 0.302. The smallest absolute Gasteiger partial charge is 0.408 e. The van der Waals surface area contributed by atoms with Crippen molar-refractivity contribution in [3.8, 4) is 0 Å². The molecule has 3 N–H and O–H groups in total. The number of ether oxygens (including phenoxy) is 2. The SMILES string of the molecule is C[C@H](NC(=O)[C@H](CCCNC(=O)OCc1ccccc1)NC(=O)OC(C)(C)C)c1cccc2ccccc12. The van der Waals surface area contributed by atoms with Crippen LogP contribution < -0.4 is 16.0 Å². The minimum atomic E-state index is -0.843. The number of benzene rings is 3. The lowest BCUT2D eigenvalue weighted by atomic mass is 9.99. The van der Waals surface area contributed by atoms with Gasteiger partial charge in [0.05, 0.1) is 6.04 Å². The largest absolute Gasteiger partial charge is 0.445 e. The van der Waals surface area contributed by atoms with E-state index >= 15 is 0 Å². The zero-order valence-corrected chi connectivity index (χ0v) is 22.5. The molecular formula is C30H37N3O5. The fourth-order valence-corrected chi connectivity index (χ4v) is 4.01. The van der Waals surface area contributed by atoms with E-state index in [2.05, 4.69) is 16.0 Å². The van der Waals surface area contributed by atoms with Gasteiger partial charge in [0.15, 0.2) is 0 Å². The number of nitrogens with one attached hydrogen (secondary N) is 3. The van der Waals surface area contributed by atoms with Gasteiger partial charge in [0.25, 0.3) is 0 Å². The summed E-state index contributed by atoms with van der Waals surface area (Å²) in [5.41, 5.74) is 1.17. The molecule has 0 saturated carbocycles. The van der Waals surface area contributed by atoms with E-state index in [4.69, 9.17) is 9.47 Å². The highest BCUT2D eigenvalue weighted by molar-refractivity contribution is 5.88. The van der Waals surface area contributed by atoms with Gasteiger partial charge in [-0.15, -0.1) is 0 Å². The van der Waals surface area contributed by atoms with Gasteiger partial charge in [0.1, 0.15) is 18.2 Å². The topological polar surface area (TPSA) is 106 Å². The lowest BCUT2D eigenvalue weighted by Gasteiger charge is -2.25. The fourth-order valence-electron chi connectivity index (χ4n) is 4.01. The lowest BCUT2D eigenvalue weighted by Crippen LogP contribution is -2.49. The summed E-state index contributed by atoms with van der Waals surface area (Å²) in [4.78, 5) is 37.8. The normalized spacial score (nSPS) is 12.7. The molecule has 0 bridgehead atoms. The van der Waals surface area contributed by atoms with Gasteiger partial charge in [0.2, 0.25) is 5.91 Å². The van der Waals surface area contributed by atoms with Gasteiger partial charge in [-0.2, -0.15) is 0 Å². The number of hydrogen-bond donors (Lipinski definition) is 3. The number of amides is 3. The van der Waals surface area contributed by atoms with E-state index in [1.54, 1.807) is 20.8 Å². The zero-order chi connectivity index (χ0) is 27.5. The molecule has 2 atom stereocenters. The molecule has 0 spiro atoms. The Morgan fingerprint density at radius 3 is 2.26 bits per heavy atom. The average Bonchev–Trinajstić information content (AvgIpc) is 2.88. The summed E-state index contributed by atoms with van der Waals surface area (Å²) >= 11 is 0. The summed E-state index contributed by atoms with van der Waals surface area (Å²) in [5, 5.41) is 10.5. The van der Waals surface area contributed by atoms with Crippen molar-refractivity contribution in [3.63, 3.8) is 0 Å². The number of fused-ring (bicyclic) bond motifs is 1. The molecule has 3 aromatic rings. The van der Waals surface area contributed by atoms with Crippen LogP contribution in [0, 0.1) is 0 Å². The van der Waals surface area contributed by atoms with Crippen molar-refractivity contribution in [1.82, 2.24) is 16.0 Å². The maximum absolute atomic E-state index is 13.3. The Kier molecular flexibility index (Phi) is 10.1. The summed E-state index contributed by atoms with van der Waals surface area (Å²) in [6.45, 7) is 7.64. The Bertz CT molecular complexity index is 1220. The predicted octanol–water partition coefficient (Wildman–Crippen LogP) is 5.62. The van der Waals surface area contributed by atoms with E-state index in [-0.39, 0.29) is 25.1 Å². The van der Waals surface area contributed by atoms with E-state index in [1.165, 1.54) is 0 Å². The Balaban J connectivity index is 1.57. The van der Waals surface area contributed by atoms with Crippen LogP contribution in [0.2, 0.25) is 0 Å². The maximum Gasteiger partial charge on any atom is 0.408 e. The molecule has 0 aliphatic rings. The van der Waals surface area contributed by atoms with E-state index in [0.29, 0.717) is 12.8 Å². The molecule has 3 aromatic carbocycles. The molecule has 202 valence electrons. The van der Waals surface area contributed by atoms with Crippen LogP contribution in [0.15, 0.2) is 72.8 Å². The first-order chi connectivity index (χ1) is 18.1. The minimum absolute atomic E-state index is 0.171. The number of rotatable bonds is 10. The summed E-state index contributed by atoms with van der Waals surface area (Å²) in [5.74, 6) is -0.331. The van der Waals surface area contributed by atoms with Gasteiger partial charge in [-0.05, 0) is 62.4 Å². The first kappa shape index (κ1) is 28.5. The monoisotopic (exact) mass is 519 g/mol. The standard InChI is InChI=1S/C30H37N3O5/c1-21(24-17-10-15-23-14-8-9-16-25(23)24)32-27(34)26(33-29(36)38-30(2,3)4)18-11-19-31-28(35)37-20-22-12-6-5-7-13-22/h5-10,12-17,21,26H,11,18-20H2,1-4H3,(H,31,35)(H,32,34)(H,33,36)/t21-,26-/m0/s1. The van der Waals surface area contributed by atoms with Gasteiger partial charge >= 0.3 is 12.2 Å². The third-order valence-corrected chi connectivity index (χ3v) is 5.81. The number of carbonyl (C=O) groups excluding carboxylic acids is 3. The maximum atomic E-state index is 13.3. The molecule has 0 heterocycles. The summed E-state index contributed by atoms with van der Waals surface area (Å²) in [6, 6.07) is 22.2. The molecule has 8 nitrogen and oxygen atoms in total. The molecule has 38 heavy (non-hydrogen) atoms. The van der Waals surface area contributed by atoms with Gasteiger partial charge < -0.3 is 25.4 Å². The first-order valence-corrected chi connectivity index (χ1v) is 12.8. The van der Waals surface area contributed by atoms with Crippen molar-refractivity contribution >= 4 is 28.9 Å². The van der Waals surface area contributed by atoms with Crippen LogP contribution in [-0.4, -0.2) is 36.3 Å². The second-order valence-corrected chi connectivity index (χ2v) is 10.1. The van der Waals surface area contributed by atoms with Gasteiger partial charge in [0, 0.05) is 6.54 Å². The van der Waals surface area contributed by atoms with Crippen molar-refractivity contribution in [1.29, 1.82) is 0 Å². The van der Waals surface area contributed by atoms with Gasteiger partial charge in [-0.3, -0.25) is 4.79 Å². The Morgan fingerprint density at radius 1 is 0.842 bits per heavy atom. The minimum Gasteiger partial charge on any atom is -0.445 e. The number of hydrogen-bond acceptors (Lipinski definition) is 5. The highest BCUT2D eigenvalue weighted by Gasteiger charge is 2.25. The summed E-state index contributed by atoms with van der Waals surface area (Å²) in [7, 11) is 0. The number of alkyl carbamates (subject to hydrolysis) is 2. The van der Waals surface area contributed by atoms with E-state index in [0.717, 1.165) is 21.9 Å². The van der Waals surface area contributed by atoms with Crippen molar-refractivity contribution < 1.29 is 23.9 Å². The molecule has 3 rings (SSSR count). The molecule has 0 unspecified atom stereocenters. The van der Waals surface area contributed by atoms with Crippen LogP contribution >= 0.6 is 0 Å². The summed E-state index contributed by atoms with van der Waals surface area (Å²) < 4.78 is 10.6. The van der Waals surface area contributed by atoms with E-state index < -0.39 is 23.8 Å². The molecule has 0 aromatic heterocycles. The highest BCUT2D eigenvalue weighted by atomic mass is 16.6. The Hall–Kier alpha value is -4.07. The van der Waals surface area contributed by atoms with Crippen molar-refractivity contribution in [2.45, 2.75) is 64.8 Å². The van der Waals surface area contributed by atoms with Crippen LogP contribution in [0.4, 0.5) is 9.59 Å². The average molecular weight is 520 g/mol. The number of carbonyl (C=O) groups is 3. The van der Waals surface area contributed by atoms with Crippen molar-refractivity contribution in [2.75, 3.05) is 6.54 Å². The molecule has 0 aliphatic heterocycles. The third-order valence-electron chi connectivity index (χ3n) is 5.81. The summed E-state index contributed by atoms with van der Waals surface area (Å²) in [6.07, 6.45) is -0.478. The molecular weight excluding hydrogens is 482 g/mol. The van der Waals surface area contributed by atoms with Crippen LogP contribution in [0.25, 0.3) is 10.8 Å².